The lowest BCUT2D eigenvalue weighted by molar-refractivity contribution is -0.126. The Kier molecular flexibility index (Phi) is 10.4. The normalized spacial score (nSPS) is 20.2. The van der Waals surface area contributed by atoms with E-state index in [-0.39, 0.29) is 41.7 Å². The van der Waals surface area contributed by atoms with Crippen LogP contribution in [0.4, 0.5) is 8.78 Å². The van der Waals surface area contributed by atoms with Crippen molar-refractivity contribution in [1.29, 1.82) is 0 Å². The first kappa shape index (κ1) is 33.2. The van der Waals surface area contributed by atoms with Gasteiger partial charge in [-0.1, -0.05) is 6.07 Å². The molecular formula is C36H48F2N4O3. The van der Waals surface area contributed by atoms with Gasteiger partial charge in [0, 0.05) is 43.0 Å². The highest BCUT2D eigenvalue weighted by Crippen LogP contribution is 2.36. The minimum Gasteiger partial charge on any atom is -0.390 e. The zero-order chi connectivity index (χ0) is 32.3. The number of imidazole rings is 1. The summed E-state index contributed by atoms with van der Waals surface area (Å²) in [5, 5.41) is 13.5. The van der Waals surface area contributed by atoms with E-state index in [1.54, 1.807) is 0 Å². The number of rotatable bonds is 11. The van der Waals surface area contributed by atoms with Crippen LogP contribution in [0.1, 0.15) is 107 Å². The van der Waals surface area contributed by atoms with Gasteiger partial charge in [-0.25, -0.2) is 13.8 Å². The van der Waals surface area contributed by atoms with Crippen LogP contribution in [0, 0.1) is 23.5 Å². The van der Waals surface area contributed by atoms with Gasteiger partial charge < -0.3 is 15.0 Å². The second kappa shape index (κ2) is 14.1. The molecule has 7 nitrogen and oxygen atoms in total. The summed E-state index contributed by atoms with van der Waals surface area (Å²) in [4.78, 5) is 33.0. The van der Waals surface area contributed by atoms with Gasteiger partial charge in [-0.3, -0.25) is 14.5 Å². The molecule has 0 bridgehead atoms. The number of amides is 1. The number of aromatic nitrogens is 2. The lowest BCUT2D eigenvalue weighted by atomic mass is 9.83. The Morgan fingerprint density at radius 3 is 2.36 bits per heavy atom. The highest BCUT2D eigenvalue weighted by atomic mass is 19.2. The molecule has 2 fully saturated rings. The zero-order valence-electron chi connectivity index (χ0n) is 27.1. The highest BCUT2D eigenvalue weighted by Gasteiger charge is 2.31. The van der Waals surface area contributed by atoms with Crippen LogP contribution in [0.15, 0.2) is 36.4 Å². The minimum atomic E-state index is -1.02. The van der Waals surface area contributed by atoms with E-state index < -0.39 is 17.2 Å². The third-order valence-electron chi connectivity index (χ3n) is 9.73. The third-order valence-corrected chi connectivity index (χ3v) is 9.73. The highest BCUT2D eigenvalue weighted by molar-refractivity contribution is 5.96. The number of piperidine rings is 1. The molecule has 3 aromatic rings. The average Bonchev–Trinajstić information content (AvgIpc) is 3.35. The van der Waals surface area contributed by atoms with E-state index >= 15 is 0 Å². The Balaban J connectivity index is 1.33. The van der Waals surface area contributed by atoms with Crippen LogP contribution in [0.2, 0.25) is 0 Å². The molecule has 0 unspecified atom stereocenters. The molecule has 0 spiro atoms. The molecule has 1 aliphatic heterocycles. The zero-order valence-corrected chi connectivity index (χ0v) is 27.1. The van der Waals surface area contributed by atoms with E-state index in [4.69, 9.17) is 4.98 Å². The first-order valence-corrected chi connectivity index (χ1v) is 16.6. The lowest BCUT2D eigenvalue weighted by Crippen LogP contribution is -2.41. The van der Waals surface area contributed by atoms with E-state index in [9.17, 15) is 23.5 Å². The monoisotopic (exact) mass is 622 g/mol. The molecule has 2 heterocycles. The standard InChI is InChI=1S/C36H48F2N4O3/c1-23(2)39-35(44)25-9-12-28(13-10-25)42-32-20-24(22-41-18-16-27(17-19-41)36(3,4)45)8-15-31(32)40-34(42)7-5-6-33(43)26-11-14-29(37)30(38)21-26/h8,11,14-15,20-21,23,25,27-28,45H,5-7,9-10,12-13,16-19,22H2,1-4H3,(H,39,44). The Morgan fingerprint density at radius 1 is 1.00 bits per heavy atom. The molecule has 1 saturated heterocycles. The number of nitrogens with zero attached hydrogens (tertiary/aromatic N) is 3. The van der Waals surface area contributed by atoms with Crippen molar-refractivity contribution in [2.45, 2.75) is 110 Å². The number of aryl methyl sites for hydroxylation is 1. The maximum Gasteiger partial charge on any atom is 0.223 e. The fourth-order valence-corrected chi connectivity index (χ4v) is 7.15. The van der Waals surface area contributed by atoms with Gasteiger partial charge in [0.2, 0.25) is 5.91 Å². The van der Waals surface area contributed by atoms with Crippen molar-refractivity contribution in [3.63, 3.8) is 0 Å². The quantitative estimate of drug-likeness (QED) is 0.231. The summed E-state index contributed by atoms with van der Waals surface area (Å²) in [5.74, 6) is -0.826. The predicted molar refractivity (Wildman–Crippen MR) is 172 cm³/mol. The molecule has 1 amide bonds. The lowest BCUT2D eigenvalue weighted by Gasteiger charge is -2.37. The maximum absolute atomic E-state index is 13.7. The summed E-state index contributed by atoms with van der Waals surface area (Å²) in [6, 6.07) is 10.1. The summed E-state index contributed by atoms with van der Waals surface area (Å²) < 4.78 is 29.4. The predicted octanol–water partition coefficient (Wildman–Crippen LogP) is 6.76. The summed E-state index contributed by atoms with van der Waals surface area (Å²) in [6.45, 7) is 10.5. The summed E-state index contributed by atoms with van der Waals surface area (Å²) in [5.41, 5.74) is 2.74. The van der Waals surface area contributed by atoms with Crippen LogP contribution in [-0.4, -0.2) is 56.0 Å². The number of halogens is 2. The number of ketones is 1. The largest absolute Gasteiger partial charge is 0.390 e. The second-order valence-corrected chi connectivity index (χ2v) is 14.0. The van der Waals surface area contributed by atoms with Crippen molar-refractivity contribution in [3.8, 4) is 0 Å². The van der Waals surface area contributed by atoms with Crippen LogP contribution in [-0.2, 0) is 17.8 Å². The molecule has 2 aliphatic rings. The van der Waals surface area contributed by atoms with Gasteiger partial charge in [-0.05, 0) is 128 Å². The SMILES string of the molecule is CC(C)NC(=O)C1CCC(n2c(CCCC(=O)c3ccc(F)c(F)c3)nc3ccc(CN4CCC(C(C)(C)O)CC4)cc32)CC1. The summed E-state index contributed by atoms with van der Waals surface area (Å²) in [6.07, 6.45) is 6.65. The Hall–Kier alpha value is -3.17. The molecule has 244 valence electrons. The van der Waals surface area contributed by atoms with Crippen LogP contribution in [0.3, 0.4) is 0 Å². The minimum absolute atomic E-state index is 0.0120. The summed E-state index contributed by atoms with van der Waals surface area (Å²) >= 11 is 0. The van der Waals surface area contributed by atoms with E-state index in [0.29, 0.717) is 18.8 Å². The number of benzene rings is 2. The molecule has 1 saturated carbocycles. The third kappa shape index (κ3) is 8.17. The van der Waals surface area contributed by atoms with Gasteiger partial charge in [0.05, 0.1) is 16.6 Å². The maximum atomic E-state index is 13.7. The molecule has 5 rings (SSSR count). The molecule has 9 heteroatoms. The van der Waals surface area contributed by atoms with E-state index in [1.807, 2.05) is 27.7 Å². The van der Waals surface area contributed by atoms with Crippen molar-refractivity contribution >= 4 is 22.7 Å². The number of carbonyl (C=O) groups excluding carboxylic acids is 2. The Bertz CT molecular complexity index is 1500. The number of likely N-dealkylation sites (tertiary alicyclic amines) is 1. The molecule has 1 aliphatic carbocycles. The molecule has 45 heavy (non-hydrogen) atoms. The number of aliphatic hydroxyl groups is 1. The van der Waals surface area contributed by atoms with Gasteiger partial charge in [0.15, 0.2) is 17.4 Å². The van der Waals surface area contributed by atoms with Crippen LogP contribution in [0.5, 0.6) is 0 Å². The number of nitrogens with one attached hydrogen (secondary N) is 1. The summed E-state index contributed by atoms with van der Waals surface area (Å²) in [7, 11) is 0. The van der Waals surface area contributed by atoms with Gasteiger partial charge in [0.1, 0.15) is 5.82 Å². The number of hydrogen-bond donors (Lipinski definition) is 2. The Morgan fingerprint density at radius 2 is 1.71 bits per heavy atom. The van der Waals surface area contributed by atoms with Gasteiger partial charge in [-0.2, -0.15) is 0 Å². The molecule has 2 aromatic carbocycles. The first-order chi connectivity index (χ1) is 21.4. The van der Waals surface area contributed by atoms with Crippen molar-refractivity contribution < 1.29 is 23.5 Å². The molecule has 0 radical (unpaired) electrons. The van der Waals surface area contributed by atoms with Gasteiger partial charge in [-0.15, -0.1) is 0 Å². The van der Waals surface area contributed by atoms with E-state index in [1.165, 1.54) is 11.6 Å². The van der Waals surface area contributed by atoms with E-state index in [0.717, 1.165) is 87.1 Å². The number of Topliss-reactive ketones (excluding diaryl/α,β-unsaturated/α-hetero) is 1. The average molecular weight is 623 g/mol. The number of fused-ring (bicyclic) bond motifs is 1. The van der Waals surface area contributed by atoms with Crippen molar-refractivity contribution in [3.05, 3.63) is 65.0 Å². The molecule has 1 aromatic heterocycles. The smallest absolute Gasteiger partial charge is 0.223 e. The van der Waals surface area contributed by atoms with Crippen LogP contribution >= 0.6 is 0 Å². The van der Waals surface area contributed by atoms with Gasteiger partial charge >= 0.3 is 0 Å². The van der Waals surface area contributed by atoms with Crippen LogP contribution in [0.25, 0.3) is 11.0 Å². The fourth-order valence-electron chi connectivity index (χ4n) is 7.15. The van der Waals surface area contributed by atoms with Crippen molar-refractivity contribution in [1.82, 2.24) is 19.8 Å². The van der Waals surface area contributed by atoms with Gasteiger partial charge in [0.25, 0.3) is 0 Å². The molecular weight excluding hydrogens is 574 g/mol. The number of hydrogen-bond acceptors (Lipinski definition) is 5. The van der Waals surface area contributed by atoms with Crippen molar-refractivity contribution in [2.24, 2.45) is 11.8 Å². The van der Waals surface area contributed by atoms with E-state index in [2.05, 4.69) is 33.0 Å². The molecule has 2 N–H and O–H groups in total. The fraction of sp³-hybridized carbons (Fsp3) is 0.583. The molecule has 0 atom stereocenters. The van der Waals surface area contributed by atoms with Crippen molar-refractivity contribution in [2.75, 3.05) is 13.1 Å². The topological polar surface area (TPSA) is 87.5 Å². The Labute approximate surface area is 265 Å². The second-order valence-electron chi connectivity index (χ2n) is 14.0. The first-order valence-electron chi connectivity index (χ1n) is 16.6. The van der Waals surface area contributed by atoms with Crippen LogP contribution < -0.4 is 5.32 Å². The number of carbonyl (C=O) groups is 2.